The molecular weight excluding hydrogens is 432 g/mol. The molecule has 1 N–H and O–H groups in total. The van der Waals surface area contributed by atoms with Gasteiger partial charge in [0.05, 0.1) is 4.92 Å². The monoisotopic (exact) mass is 446 g/mol. The SMILES string of the molecule is Cc1cc([N+](=O)[O-])ccc1NC(=O)COC(=O)c1oc2ccc(Br)cc2c1C. The lowest BCUT2D eigenvalue weighted by Crippen LogP contribution is -2.21. The van der Waals surface area contributed by atoms with Gasteiger partial charge in [0.25, 0.3) is 11.6 Å². The van der Waals surface area contributed by atoms with Crippen LogP contribution in [0.3, 0.4) is 0 Å². The van der Waals surface area contributed by atoms with Crippen molar-refractivity contribution in [1.82, 2.24) is 0 Å². The lowest BCUT2D eigenvalue weighted by molar-refractivity contribution is -0.384. The van der Waals surface area contributed by atoms with E-state index in [-0.39, 0.29) is 11.4 Å². The molecule has 3 aromatic rings. The van der Waals surface area contributed by atoms with Crippen molar-refractivity contribution >= 4 is 50.2 Å². The first kappa shape index (κ1) is 19.6. The normalized spacial score (nSPS) is 10.7. The van der Waals surface area contributed by atoms with Crippen molar-refractivity contribution in [1.29, 1.82) is 0 Å². The van der Waals surface area contributed by atoms with Crippen LogP contribution in [0.4, 0.5) is 11.4 Å². The Morgan fingerprint density at radius 3 is 2.64 bits per heavy atom. The molecule has 8 nitrogen and oxygen atoms in total. The second-order valence-electron chi connectivity index (χ2n) is 6.08. The number of nitro benzene ring substituents is 1. The third-order valence-electron chi connectivity index (χ3n) is 4.11. The number of carbonyl (C=O) groups excluding carboxylic acids is 2. The zero-order valence-corrected chi connectivity index (χ0v) is 16.5. The molecule has 0 spiro atoms. The summed E-state index contributed by atoms with van der Waals surface area (Å²) in [6.45, 7) is 2.84. The van der Waals surface area contributed by atoms with Crippen LogP contribution in [-0.4, -0.2) is 23.4 Å². The van der Waals surface area contributed by atoms with Crippen LogP contribution < -0.4 is 5.32 Å². The third-order valence-corrected chi connectivity index (χ3v) is 4.61. The van der Waals surface area contributed by atoms with Crippen LogP contribution in [0.2, 0.25) is 0 Å². The molecule has 0 saturated heterocycles. The van der Waals surface area contributed by atoms with Gasteiger partial charge in [0.2, 0.25) is 5.76 Å². The van der Waals surface area contributed by atoms with Gasteiger partial charge in [-0.2, -0.15) is 0 Å². The first-order chi connectivity index (χ1) is 13.3. The minimum absolute atomic E-state index is 0.0346. The lowest BCUT2D eigenvalue weighted by atomic mass is 10.1. The predicted molar refractivity (Wildman–Crippen MR) is 105 cm³/mol. The van der Waals surface area contributed by atoms with Crippen molar-refractivity contribution in [3.63, 3.8) is 0 Å². The van der Waals surface area contributed by atoms with Gasteiger partial charge in [-0.15, -0.1) is 0 Å². The quantitative estimate of drug-likeness (QED) is 0.350. The number of carbonyl (C=O) groups is 2. The summed E-state index contributed by atoms with van der Waals surface area (Å²) in [6.07, 6.45) is 0. The smallest absolute Gasteiger partial charge is 0.375 e. The molecule has 0 fully saturated rings. The molecule has 0 radical (unpaired) electrons. The Morgan fingerprint density at radius 1 is 1.21 bits per heavy atom. The molecule has 0 unspecified atom stereocenters. The zero-order valence-electron chi connectivity index (χ0n) is 14.9. The van der Waals surface area contributed by atoms with Crippen LogP contribution in [0.1, 0.15) is 21.7 Å². The fraction of sp³-hybridized carbons (Fsp3) is 0.158. The molecule has 0 bridgehead atoms. The number of benzene rings is 2. The minimum Gasteiger partial charge on any atom is -0.450 e. The number of aryl methyl sites for hydroxylation is 2. The first-order valence-electron chi connectivity index (χ1n) is 8.17. The molecule has 0 aliphatic rings. The number of esters is 1. The number of fused-ring (bicyclic) bond motifs is 1. The highest BCUT2D eigenvalue weighted by molar-refractivity contribution is 9.10. The van der Waals surface area contributed by atoms with Gasteiger partial charge in [-0.1, -0.05) is 15.9 Å². The number of nitro groups is 1. The number of nitrogens with one attached hydrogen (secondary N) is 1. The Kier molecular flexibility index (Phi) is 5.46. The number of hydrogen-bond donors (Lipinski definition) is 1. The number of rotatable bonds is 5. The van der Waals surface area contributed by atoms with Crippen molar-refractivity contribution < 1.29 is 23.7 Å². The van der Waals surface area contributed by atoms with E-state index in [4.69, 9.17) is 9.15 Å². The Bertz CT molecular complexity index is 1110. The second-order valence-corrected chi connectivity index (χ2v) is 6.99. The van der Waals surface area contributed by atoms with Gasteiger partial charge in [0.1, 0.15) is 5.58 Å². The maximum Gasteiger partial charge on any atom is 0.375 e. The van der Waals surface area contributed by atoms with Crippen molar-refractivity contribution in [3.05, 3.63) is 67.9 Å². The first-order valence-corrected chi connectivity index (χ1v) is 8.96. The van der Waals surface area contributed by atoms with Crippen molar-refractivity contribution in [2.24, 2.45) is 0 Å². The molecule has 0 saturated carbocycles. The molecule has 144 valence electrons. The van der Waals surface area contributed by atoms with E-state index >= 15 is 0 Å². The molecule has 28 heavy (non-hydrogen) atoms. The molecule has 0 atom stereocenters. The third kappa shape index (κ3) is 4.04. The summed E-state index contributed by atoms with van der Waals surface area (Å²) in [5.74, 6) is -1.28. The molecule has 0 aliphatic carbocycles. The Morgan fingerprint density at radius 2 is 1.96 bits per heavy atom. The lowest BCUT2D eigenvalue weighted by Gasteiger charge is -2.08. The van der Waals surface area contributed by atoms with Gasteiger partial charge in [-0.25, -0.2) is 4.79 Å². The fourth-order valence-corrected chi connectivity index (χ4v) is 3.03. The van der Waals surface area contributed by atoms with Gasteiger partial charge < -0.3 is 14.5 Å². The highest BCUT2D eigenvalue weighted by Gasteiger charge is 2.20. The number of amides is 1. The van der Waals surface area contributed by atoms with Gasteiger partial charge in [-0.3, -0.25) is 14.9 Å². The topological polar surface area (TPSA) is 112 Å². The van der Waals surface area contributed by atoms with E-state index in [1.165, 1.54) is 18.2 Å². The van der Waals surface area contributed by atoms with E-state index in [9.17, 15) is 19.7 Å². The summed E-state index contributed by atoms with van der Waals surface area (Å²) >= 11 is 3.36. The fourth-order valence-electron chi connectivity index (χ4n) is 2.67. The van der Waals surface area contributed by atoms with Crippen LogP contribution in [0.25, 0.3) is 11.0 Å². The maximum atomic E-state index is 12.3. The number of furan rings is 1. The summed E-state index contributed by atoms with van der Waals surface area (Å²) in [6, 6.07) is 9.40. The number of nitrogens with zero attached hydrogens (tertiary/aromatic N) is 1. The average Bonchev–Trinajstić information content (AvgIpc) is 2.97. The van der Waals surface area contributed by atoms with Crippen LogP contribution in [0.5, 0.6) is 0 Å². The zero-order chi connectivity index (χ0) is 20.4. The number of hydrogen-bond acceptors (Lipinski definition) is 6. The Balaban J connectivity index is 1.65. The van der Waals surface area contributed by atoms with Crippen molar-refractivity contribution in [3.8, 4) is 0 Å². The second kappa shape index (κ2) is 7.81. The summed E-state index contributed by atoms with van der Waals surface area (Å²) in [5, 5.41) is 14.1. The van der Waals surface area contributed by atoms with Gasteiger partial charge >= 0.3 is 5.97 Å². The van der Waals surface area contributed by atoms with E-state index < -0.39 is 23.4 Å². The average molecular weight is 447 g/mol. The minimum atomic E-state index is -0.750. The number of non-ortho nitro benzene ring substituents is 1. The van der Waals surface area contributed by atoms with E-state index in [1.54, 1.807) is 26.0 Å². The van der Waals surface area contributed by atoms with Crippen LogP contribution >= 0.6 is 15.9 Å². The Labute approximate surface area is 167 Å². The summed E-state index contributed by atoms with van der Waals surface area (Å²) in [4.78, 5) is 34.6. The highest BCUT2D eigenvalue weighted by Crippen LogP contribution is 2.28. The van der Waals surface area contributed by atoms with Gasteiger partial charge in [-0.05, 0) is 43.7 Å². The van der Waals surface area contributed by atoms with Gasteiger partial charge in [0.15, 0.2) is 6.61 Å². The van der Waals surface area contributed by atoms with Crippen LogP contribution in [0.15, 0.2) is 45.3 Å². The number of ether oxygens (including phenoxy) is 1. The number of anilines is 1. The maximum absolute atomic E-state index is 12.3. The van der Waals surface area contributed by atoms with E-state index in [0.717, 1.165) is 9.86 Å². The molecular formula is C19H15BrN2O6. The molecule has 9 heteroatoms. The van der Waals surface area contributed by atoms with Crippen molar-refractivity contribution in [2.75, 3.05) is 11.9 Å². The van der Waals surface area contributed by atoms with Crippen LogP contribution in [-0.2, 0) is 9.53 Å². The van der Waals surface area contributed by atoms with Gasteiger partial charge in [0, 0.05) is 33.2 Å². The molecule has 1 aromatic heterocycles. The summed E-state index contributed by atoms with van der Waals surface area (Å²) in [7, 11) is 0. The molecule has 1 amide bonds. The van der Waals surface area contributed by atoms with E-state index in [2.05, 4.69) is 21.2 Å². The molecule has 1 heterocycles. The summed E-state index contributed by atoms with van der Waals surface area (Å²) in [5.41, 5.74) is 2.00. The summed E-state index contributed by atoms with van der Waals surface area (Å²) < 4.78 is 11.4. The Hall–Kier alpha value is -3.20. The largest absolute Gasteiger partial charge is 0.450 e. The molecule has 2 aromatic carbocycles. The highest BCUT2D eigenvalue weighted by atomic mass is 79.9. The van der Waals surface area contributed by atoms with Crippen LogP contribution in [0, 0.1) is 24.0 Å². The van der Waals surface area contributed by atoms with Crippen molar-refractivity contribution in [2.45, 2.75) is 13.8 Å². The van der Waals surface area contributed by atoms with E-state index in [0.29, 0.717) is 22.4 Å². The molecule has 3 rings (SSSR count). The molecule has 0 aliphatic heterocycles. The predicted octanol–water partition coefficient (Wildman–Crippen LogP) is 4.52. The standard InChI is InChI=1S/C19H15BrN2O6/c1-10-7-13(22(25)26)4-5-15(10)21-17(23)9-27-19(24)18-11(2)14-8-12(20)3-6-16(14)28-18/h3-8H,9H2,1-2H3,(H,21,23). The number of halogens is 1. The van der Waals surface area contributed by atoms with E-state index in [1.807, 2.05) is 6.07 Å².